The summed E-state index contributed by atoms with van der Waals surface area (Å²) in [6.45, 7) is 3.25. The molecule has 3 aromatic rings. The largest absolute Gasteiger partial charge is 0.494 e. The molecule has 1 aliphatic heterocycles. The smallest absolute Gasteiger partial charge is 0.264 e. The van der Waals surface area contributed by atoms with Crippen molar-refractivity contribution in [3.8, 4) is 5.75 Å². The van der Waals surface area contributed by atoms with Crippen molar-refractivity contribution < 1.29 is 26.7 Å². The topological polar surface area (TPSA) is 70.2 Å². The van der Waals surface area contributed by atoms with Gasteiger partial charge in [0.15, 0.2) is 0 Å². The summed E-state index contributed by atoms with van der Waals surface area (Å²) in [5.74, 6) is -0.732. The number of sulfonamides is 1. The van der Waals surface area contributed by atoms with Crippen molar-refractivity contribution in [2.45, 2.75) is 11.8 Å². The van der Waals surface area contributed by atoms with E-state index < -0.39 is 28.3 Å². The molecule has 0 aromatic heterocycles. The number of halogens is 2. The zero-order valence-corrected chi connectivity index (χ0v) is 20.6. The second-order valence-corrected chi connectivity index (χ2v) is 10.1. The summed E-state index contributed by atoms with van der Waals surface area (Å²) in [6.07, 6.45) is 0. The lowest BCUT2D eigenvalue weighted by molar-refractivity contribution is -0.129. The zero-order chi connectivity index (χ0) is 25.7. The molecule has 0 atom stereocenters. The van der Waals surface area contributed by atoms with E-state index in [4.69, 9.17) is 4.74 Å². The maximum Gasteiger partial charge on any atom is 0.264 e. The number of hydrogen-bond donors (Lipinski definition) is 0. The predicted octanol–water partition coefficient (Wildman–Crippen LogP) is 3.91. The molecular weight excluding hydrogens is 488 g/mol. The van der Waals surface area contributed by atoms with Crippen LogP contribution in [-0.4, -0.2) is 58.6 Å². The molecule has 10 heteroatoms. The van der Waals surface area contributed by atoms with Gasteiger partial charge in [0.05, 0.1) is 22.9 Å². The molecule has 0 bridgehead atoms. The zero-order valence-electron chi connectivity index (χ0n) is 19.8. The molecule has 1 aliphatic rings. The monoisotopic (exact) mass is 515 g/mol. The molecule has 1 heterocycles. The van der Waals surface area contributed by atoms with Crippen LogP contribution in [0.25, 0.3) is 0 Å². The van der Waals surface area contributed by atoms with E-state index in [0.717, 1.165) is 16.4 Å². The Kier molecular flexibility index (Phi) is 7.73. The van der Waals surface area contributed by atoms with Gasteiger partial charge >= 0.3 is 0 Å². The maximum absolute atomic E-state index is 14.1. The molecule has 1 amide bonds. The van der Waals surface area contributed by atoms with Crippen molar-refractivity contribution in [3.63, 3.8) is 0 Å². The molecule has 0 radical (unpaired) electrons. The number of benzene rings is 3. The van der Waals surface area contributed by atoms with Gasteiger partial charge in [-0.2, -0.15) is 0 Å². The van der Waals surface area contributed by atoms with Crippen LogP contribution in [0, 0.1) is 11.6 Å². The van der Waals surface area contributed by atoms with Crippen molar-refractivity contribution >= 4 is 27.3 Å². The minimum atomic E-state index is -4.14. The number of carbonyl (C=O) groups excluding carboxylic acids is 1. The van der Waals surface area contributed by atoms with Gasteiger partial charge in [0.2, 0.25) is 5.91 Å². The molecular formula is C26H27F2N3O4S. The van der Waals surface area contributed by atoms with Crippen molar-refractivity contribution in [1.82, 2.24) is 4.90 Å². The van der Waals surface area contributed by atoms with Gasteiger partial charge in [0, 0.05) is 26.2 Å². The summed E-state index contributed by atoms with van der Waals surface area (Å²) >= 11 is 0. The van der Waals surface area contributed by atoms with Gasteiger partial charge in [-0.1, -0.05) is 12.1 Å². The molecule has 1 saturated heterocycles. The standard InChI is InChI=1S/C26H27F2N3O4S/c1-2-35-22-11-13-23(14-12-22)36(33,34)31(21-9-7-20(27)8-10-21)19-26(32)30-17-15-29(16-18-30)25-6-4-3-5-24(25)28/h3-14H,2,15-19H2,1H3. The number of rotatable bonds is 8. The fourth-order valence-corrected chi connectivity index (χ4v) is 5.47. The van der Waals surface area contributed by atoms with E-state index in [1.807, 2.05) is 11.8 Å². The lowest BCUT2D eigenvalue weighted by atomic mass is 10.2. The molecule has 3 aromatic carbocycles. The van der Waals surface area contributed by atoms with E-state index in [1.165, 1.54) is 30.3 Å². The van der Waals surface area contributed by atoms with Crippen molar-refractivity contribution in [2.75, 3.05) is 48.5 Å². The average molecular weight is 516 g/mol. The van der Waals surface area contributed by atoms with Crippen LogP contribution in [0.1, 0.15) is 6.92 Å². The summed E-state index contributed by atoms with van der Waals surface area (Å²) < 4.78 is 61.2. The highest BCUT2D eigenvalue weighted by atomic mass is 32.2. The van der Waals surface area contributed by atoms with E-state index in [0.29, 0.717) is 44.2 Å². The number of amides is 1. The minimum Gasteiger partial charge on any atom is -0.494 e. The molecule has 190 valence electrons. The second-order valence-electron chi connectivity index (χ2n) is 8.21. The Balaban J connectivity index is 1.53. The highest BCUT2D eigenvalue weighted by Crippen LogP contribution is 2.26. The molecule has 4 rings (SSSR count). The van der Waals surface area contributed by atoms with E-state index in [9.17, 15) is 22.0 Å². The van der Waals surface area contributed by atoms with Gasteiger partial charge in [-0.15, -0.1) is 0 Å². The molecule has 1 fully saturated rings. The summed E-state index contributed by atoms with van der Waals surface area (Å²) in [5, 5.41) is 0. The fraction of sp³-hybridized carbons (Fsp3) is 0.269. The van der Waals surface area contributed by atoms with Crippen molar-refractivity contribution in [1.29, 1.82) is 0 Å². The first-order chi connectivity index (χ1) is 17.3. The summed E-state index contributed by atoms with van der Waals surface area (Å²) in [4.78, 5) is 16.6. The van der Waals surface area contributed by atoms with Crippen molar-refractivity contribution in [2.24, 2.45) is 0 Å². The number of hydrogen-bond acceptors (Lipinski definition) is 5. The van der Waals surface area contributed by atoms with Gasteiger partial charge in [0.25, 0.3) is 10.0 Å². The molecule has 0 saturated carbocycles. The molecule has 0 spiro atoms. The minimum absolute atomic E-state index is 0.0209. The maximum atomic E-state index is 14.1. The lowest BCUT2D eigenvalue weighted by Crippen LogP contribution is -2.52. The fourth-order valence-electron chi connectivity index (χ4n) is 4.05. The van der Waals surface area contributed by atoms with Crippen LogP contribution in [-0.2, 0) is 14.8 Å². The molecule has 0 unspecified atom stereocenters. The Bertz CT molecular complexity index is 1290. The highest BCUT2D eigenvalue weighted by molar-refractivity contribution is 7.92. The van der Waals surface area contributed by atoms with Crippen LogP contribution in [0.5, 0.6) is 5.75 Å². The SMILES string of the molecule is CCOc1ccc(S(=O)(=O)N(CC(=O)N2CCN(c3ccccc3F)CC2)c2ccc(F)cc2)cc1. The molecule has 0 N–H and O–H groups in total. The van der Waals surface area contributed by atoms with Crippen LogP contribution >= 0.6 is 0 Å². The van der Waals surface area contributed by atoms with Gasteiger partial charge in [0.1, 0.15) is 23.9 Å². The lowest BCUT2D eigenvalue weighted by Gasteiger charge is -2.37. The quantitative estimate of drug-likeness (QED) is 0.455. The Hall–Kier alpha value is -3.66. The van der Waals surface area contributed by atoms with E-state index in [2.05, 4.69) is 0 Å². The third-order valence-corrected chi connectivity index (χ3v) is 7.73. The number of para-hydroxylation sites is 1. The number of nitrogens with zero attached hydrogens (tertiary/aromatic N) is 3. The summed E-state index contributed by atoms with van der Waals surface area (Å²) in [7, 11) is -4.14. The number of anilines is 2. The Morgan fingerprint density at radius 3 is 2.17 bits per heavy atom. The normalized spacial score (nSPS) is 14.0. The Labute approximate surface area is 209 Å². The first-order valence-electron chi connectivity index (χ1n) is 11.6. The van der Waals surface area contributed by atoms with E-state index >= 15 is 0 Å². The van der Waals surface area contributed by atoms with Crippen LogP contribution in [0.4, 0.5) is 20.2 Å². The highest BCUT2D eigenvalue weighted by Gasteiger charge is 2.30. The van der Waals surface area contributed by atoms with Crippen LogP contribution in [0.15, 0.2) is 77.7 Å². The van der Waals surface area contributed by atoms with E-state index in [-0.39, 0.29) is 16.4 Å². The van der Waals surface area contributed by atoms with Gasteiger partial charge in [-0.25, -0.2) is 17.2 Å². The first-order valence-corrected chi connectivity index (χ1v) is 13.0. The Morgan fingerprint density at radius 1 is 0.917 bits per heavy atom. The van der Waals surface area contributed by atoms with Gasteiger partial charge in [-0.3, -0.25) is 9.10 Å². The third kappa shape index (κ3) is 5.59. The predicted molar refractivity (Wildman–Crippen MR) is 134 cm³/mol. The number of piperazine rings is 1. The van der Waals surface area contributed by atoms with E-state index in [1.54, 1.807) is 35.2 Å². The van der Waals surface area contributed by atoms with Crippen LogP contribution in [0.2, 0.25) is 0 Å². The Morgan fingerprint density at radius 2 is 1.56 bits per heavy atom. The van der Waals surface area contributed by atoms with Crippen molar-refractivity contribution in [3.05, 3.63) is 84.4 Å². The first kappa shape index (κ1) is 25.4. The second kappa shape index (κ2) is 10.9. The average Bonchev–Trinajstić information content (AvgIpc) is 2.89. The van der Waals surface area contributed by atoms with Crippen LogP contribution < -0.4 is 13.9 Å². The molecule has 0 aliphatic carbocycles. The van der Waals surface area contributed by atoms with Gasteiger partial charge in [-0.05, 0) is 67.6 Å². The number of ether oxygens (including phenoxy) is 1. The van der Waals surface area contributed by atoms with Crippen LogP contribution in [0.3, 0.4) is 0 Å². The third-order valence-electron chi connectivity index (χ3n) is 5.94. The molecule has 36 heavy (non-hydrogen) atoms. The number of carbonyl (C=O) groups is 1. The summed E-state index contributed by atoms with van der Waals surface area (Å²) in [5.41, 5.74) is 0.638. The van der Waals surface area contributed by atoms with Gasteiger partial charge < -0.3 is 14.5 Å². The summed E-state index contributed by atoms with van der Waals surface area (Å²) in [6, 6.07) is 17.3. The molecule has 7 nitrogen and oxygen atoms in total.